The first-order valence-corrected chi connectivity index (χ1v) is 6.93. The lowest BCUT2D eigenvalue weighted by molar-refractivity contribution is 0.414. The van der Waals surface area contributed by atoms with Gasteiger partial charge in [-0.15, -0.1) is 0 Å². The third-order valence-electron chi connectivity index (χ3n) is 2.56. The lowest BCUT2D eigenvalue weighted by atomic mass is 10.1. The molecule has 1 nitrogen and oxygen atoms in total. The number of halogens is 2. The molecule has 0 bridgehead atoms. The van der Waals surface area contributed by atoms with Crippen LogP contribution in [-0.2, 0) is 6.42 Å². The molecule has 0 aromatic heterocycles. The lowest BCUT2D eigenvalue weighted by Crippen LogP contribution is -1.99. The summed E-state index contributed by atoms with van der Waals surface area (Å²) in [7, 11) is 1.65. The van der Waals surface area contributed by atoms with Gasteiger partial charge in [0.2, 0.25) is 0 Å². The molecule has 3 heteroatoms. The van der Waals surface area contributed by atoms with E-state index >= 15 is 0 Å². The van der Waals surface area contributed by atoms with Crippen LogP contribution in [-0.4, -0.2) is 11.9 Å². The van der Waals surface area contributed by atoms with Crippen molar-refractivity contribution < 1.29 is 4.74 Å². The SMILES string of the molecule is CCCC(Br)CCc1ccc(Cl)c(OC)c1. The Kier molecular flexibility index (Phi) is 6.22. The molecule has 0 spiro atoms. The maximum Gasteiger partial charge on any atom is 0.137 e. The molecular weight excluding hydrogens is 287 g/mol. The highest BCUT2D eigenvalue weighted by Crippen LogP contribution is 2.26. The molecule has 0 aliphatic rings. The molecule has 0 saturated heterocycles. The first kappa shape index (κ1) is 13.9. The molecule has 0 aliphatic heterocycles. The third-order valence-corrected chi connectivity index (χ3v) is 3.79. The van der Waals surface area contributed by atoms with E-state index in [1.807, 2.05) is 12.1 Å². The molecule has 1 rings (SSSR count). The van der Waals surface area contributed by atoms with Crippen LogP contribution in [0.4, 0.5) is 0 Å². The molecular formula is C13H18BrClO. The van der Waals surface area contributed by atoms with E-state index in [9.17, 15) is 0 Å². The molecule has 0 amide bonds. The Morgan fingerprint density at radius 1 is 1.38 bits per heavy atom. The second-order valence-electron chi connectivity index (χ2n) is 3.89. The number of hydrogen-bond acceptors (Lipinski definition) is 1. The molecule has 0 heterocycles. The second-order valence-corrected chi connectivity index (χ2v) is 5.60. The summed E-state index contributed by atoms with van der Waals surface area (Å²) in [5.74, 6) is 0.765. The molecule has 1 aromatic rings. The van der Waals surface area contributed by atoms with Gasteiger partial charge in [0.05, 0.1) is 12.1 Å². The Morgan fingerprint density at radius 2 is 2.12 bits per heavy atom. The topological polar surface area (TPSA) is 9.23 Å². The van der Waals surface area contributed by atoms with Crippen LogP contribution < -0.4 is 4.74 Å². The Hall–Kier alpha value is -0.210. The first-order valence-electron chi connectivity index (χ1n) is 5.63. The van der Waals surface area contributed by atoms with E-state index < -0.39 is 0 Å². The Morgan fingerprint density at radius 3 is 2.75 bits per heavy atom. The monoisotopic (exact) mass is 304 g/mol. The number of methoxy groups -OCH3 is 1. The van der Waals surface area contributed by atoms with Crippen molar-refractivity contribution in [1.29, 1.82) is 0 Å². The molecule has 0 N–H and O–H groups in total. The molecule has 0 saturated carbocycles. The molecule has 0 radical (unpaired) electrons. The van der Waals surface area contributed by atoms with Crippen LogP contribution in [0.1, 0.15) is 31.7 Å². The average molecular weight is 306 g/mol. The van der Waals surface area contributed by atoms with E-state index in [-0.39, 0.29) is 0 Å². The van der Waals surface area contributed by atoms with Gasteiger partial charge in [0.25, 0.3) is 0 Å². The van der Waals surface area contributed by atoms with Gasteiger partial charge in [-0.2, -0.15) is 0 Å². The zero-order valence-electron chi connectivity index (χ0n) is 9.80. The highest BCUT2D eigenvalue weighted by atomic mass is 79.9. The molecule has 0 aliphatic carbocycles. The van der Waals surface area contributed by atoms with Crippen molar-refractivity contribution in [3.05, 3.63) is 28.8 Å². The van der Waals surface area contributed by atoms with Crippen LogP contribution in [0.2, 0.25) is 5.02 Å². The van der Waals surface area contributed by atoms with Gasteiger partial charge in [-0.3, -0.25) is 0 Å². The van der Waals surface area contributed by atoms with E-state index in [4.69, 9.17) is 16.3 Å². The zero-order valence-corrected chi connectivity index (χ0v) is 12.1. The van der Waals surface area contributed by atoms with Crippen molar-refractivity contribution in [2.24, 2.45) is 0 Å². The normalized spacial score (nSPS) is 12.5. The summed E-state index contributed by atoms with van der Waals surface area (Å²) in [6.45, 7) is 2.21. The molecule has 1 unspecified atom stereocenters. The summed E-state index contributed by atoms with van der Waals surface area (Å²) in [5.41, 5.74) is 1.28. The second kappa shape index (κ2) is 7.18. The van der Waals surface area contributed by atoms with Crippen molar-refractivity contribution >= 4 is 27.5 Å². The highest BCUT2D eigenvalue weighted by molar-refractivity contribution is 9.09. The largest absolute Gasteiger partial charge is 0.495 e. The van der Waals surface area contributed by atoms with E-state index in [2.05, 4.69) is 28.9 Å². The molecule has 0 fully saturated rings. The van der Waals surface area contributed by atoms with Crippen LogP contribution in [0.15, 0.2) is 18.2 Å². The predicted molar refractivity (Wildman–Crippen MR) is 73.9 cm³/mol. The minimum Gasteiger partial charge on any atom is -0.495 e. The average Bonchev–Trinajstić information content (AvgIpc) is 2.28. The summed E-state index contributed by atoms with van der Waals surface area (Å²) in [5, 5.41) is 0.676. The smallest absolute Gasteiger partial charge is 0.137 e. The fraction of sp³-hybridized carbons (Fsp3) is 0.538. The highest BCUT2D eigenvalue weighted by Gasteiger charge is 2.05. The van der Waals surface area contributed by atoms with Crippen molar-refractivity contribution in [3.63, 3.8) is 0 Å². The fourth-order valence-corrected chi connectivity index (χ4v) is 2.52. The molecule has 1 aromatic carbocycles. The van der Waals surface area contributed by atoms with E-state index in [1.54, 1.807) is 7.11 Å². The van der Waals surface area contributed by atoms with Gasteiger partial charge in [0.15, 0.2) is 0 Å². The van der Waals surface area contributed by atoms with Gasteiger partial charge >= 0.3 is 0 Å². The summed E-state index contributed by atoms with van der Waals surface area (Å²) in [6.07, 6.45) is 4.66. The van der Waals surface area contributed by atoms with Gasteiger partial charge in [-0.1, -0.05) is 46.9 Å². The molecule has 1 atom stereocenters. The number of alkyl halides is 1. The van der Waals surface area contributed by atoms with E-state index in [0.717, 1.165) is 18.6 Å². The lowest BCUT2D eigenvalue weighted by Gasteiger charge is -2.09. The van der Waals surface area contributed by atoms with Crippen LogP contribution in [0.3, 0.4) is 0 Å². The summed E-state index contributed by atoms with van der Waals surface area (Å²) in [6, 6.07) is 5.99. The maximum absolute atomic E-state index is 5.97. The number of hydrogen-bond donors (Lipinski definition) is 0. The Bertz CT molecular complexity index is 328. The first-order chi connectivity index (χ1) is 7.67. The molecule has 16 heavy (non-hydrogen) atoms. The number of aryl methyl sites for hydroxylation is 1. The van der Waals surface area contributed by atoms with Gasteiger partial charge in [0.1, 0.15) is 5.75 Å². The van der Waals surface area contributed by atoms with Crippen LogP contribution in [0, 0.1) is 0 Å². The van der Waals surface area contributed by atoms with Crippen LogP contribution >= 0.6 is 27.5 Å². The van der Waals surface area contributed by atoms with Crippen LogP contribution in [0.25, 0.3) is 0 Å². The maximum atomic E-state index is 5.97. The number of rotatable bonds is 6. The Balaban J connectivity index is 2.54. The standard InChI is InChI=1S/C13H18BrClO/c1-3-4-11(14)7-5-10-6-8-12(15)13(9-10)16-2/h6,8-9,11H,3-5,7H2,1-2H3. The van der Waals surface area contributed by atoms with Crippen molar-refractivity contribution in [2.75, 3.05) is 7.11 Å². The quantitative estimate of drug-likeness (QED) is 0.683. The minimum atomic E-state index is 0.610. The number of ether oxygens (including phenoxy) is 1. The number of benzene rings is 1. The van der Waals surface area contributed by atoms with Gasteiger partial charge < -0.3 is 4.74 Å². The van der Waals surface area contributed by atoms with Gasteiger partial charge in [-0.25, -0.2) is 0 Å². The summed E-state index contributed by atoms with van der Waals surface area (Å²) < 4.78 is 5.20. The van der Waals surface area contributed by atoms with Crippen LogP contribution in [0.5, 0.6) is 5.75 Å². The van der Waals surface area contributed by atoms with Crippen molar-refractivity contribution in [2.45, 2.75) is 37.4 Å². The van der Waals surface area contributed by atoms with E-state index in [0.29, 0.717) is 9.85 Å². The Labute approximate surface area is 111 Å². The van der Waals surface area contributed by atoms with Crippen molar-refractivity contribution in [3.8, 4) is 5.75 Å². The minimum absolute atomic E-state index is 0.610. The van der Waals surface area contributed by atoms with E-state index in [1.165, 1.54) is 18.4 Å². The van der Waals surface area contributed by atoms with Crippen molar-refractivity contribution in [1.82, 2.24) is 0 Å². The zero-order chi connectivity index (χ0) is 12.0. The fourth-order valence-electron chi connectivity index (χ4n) is 1.64. The van der Waals surface area contributed by atoms with Gasteiger partial charge in [0, 0.05) is 4.83 Å². The summed E-state index contributed by atoms with van der Waals surface area (Å²) in [4.78, 5) is 0.610. The molecule has 90 valence electrons. The predicted octanol–water partition coefficient (Wildman–Crippen LogP) is 4.84. The van der Waals surface area contributed by atoms with Gasteiger partial charge in [-0.05, 0) is 37.0 Å². The summed E-state index contributed by atoms with van der Waals surface area (Å²) >= 11 is 9.66. The third kappa shape index (κ3) is 4.34.